The number of Topliss-reactive ketones (excluding diaryl/α,β-unsaturated/α-hetero) is 1. The van der Waals surface area contributed by atoms with Gasteiger partial charge in [-0.05, 0) is 106 Å². The van der Waals surface area contributed by atoms with Crippen LogP contribution in [0.25, 0.3) is 11.3 Å². The van der Waals surface area contributed by atoms with Crippen molar-refractivity contribution in [3.63, 3.8) is 0 Å². The zero-order valence-corrected chi connectivity index (χ0v) is 33.3. The number of carbonyl (C=O) groups excluding carboxylic acids is 3. The van der Waals surface area contributed by atoms with Crippen LogP contribution in [0.5, 0.6) is 0 Å². The monoisotopic (exact) mass is 862 g/mol. The molecule has 9 N–H and O–H groups in total. The second-order valence-corrected chi connectivity index (χ2v) is 13.6. The minimum Gasteiger partial charge on any atom is -0.478 e. The Bertz CT molecular complexity index is 2500. The number of carboxylic acid groups (broad SMARTS) is 2. The number of anilines is 4. The normalized spacial score (nSPS) is 15.3. The van der Waals surface area contributed by atoms with Gasteiger partial charge in [-0.25, -0.2) is 24.5 Å². The number of rotatable bonds is 5. The number of nitrogens with one attached hydrogen (secondary N) is 3. The summed E-state index contributed by atoms with van der Waals surface area (Å²) in [4.78, 5) is 70.6. The maximum Gasteiger partial charge on any atom is 0.335 e. The van der Waals surface area contributed by atoms with Gasteiger partial charge in [-0.2, -0.15) is 0 Å². The van der Waals surface area contributed by atoms with Gasteiger partial charge in [-0.15, -0.1) is 0 Å². The van der Waals surface area contributed by atoms with Gasteiger partial charge in [0.2, 0.25) is 17.8 Å². The maximum atomic E-state index is 12.4. The third-order valence-electron chi connectivity index (χ3n) is 8.85. The predicted molar refractivity (Wildman–Crippen MR) is 222 cm³/mol. The first-order valence-corrected chi connectivity index (χ1v) is 18.1. The van der Waals surface area contributed by atoms with Crippen molar-refractivity contribution < 1.29 is 46.5 Å². The molecule has 0 fully saturated rings. The molecule has 60 heavy (non-hydrogen) atoms. The number of amides is 2. The van der Waals surface area contributed by atoms with E-state index in [9.17, 15) is 24.0 Å². The van der Waals surface area contributed by atoms with Crippen LogP contribution in [-0.4, -0.2) is 55.7 Å². The van der Waals surface area contributed by atoms with Gasteiger partial charge >= 0.3 is 11.9 Å². The summed E-state index contributed by atoms with van der Waals surface area (Å²) in [6.45, 7) is 5.27. The average molecular weight is 864 g/mol. The second kappa shape index (κ2) is 20.4. The number of guanidine groups is 1. The van der Waals surface area contributed by atoms with Gasteiger partial charge in [0.1, 0.15) is 0 Å². The smallest absolute Gasteiger partial charge is 0.335 e. The fraction of sp³-hybridized carbons (Fsp3) is 0.122. The molecule has 15 nitrogen and oxygen atoms in total. The number of aliphatic imine (C=N–C) groups is 1. The van der Waals surface area contributed by atoms with Crippen LogP contribution in [-0.2, 0) is 9.59 Å². The van der Waals surface area contributed by atoms with Crippen molar-refractivity contribution in [2.75, 3.05) is 16.0 Å². The number of halogens is 2. The van der Waals surface area contributed by atoms with E-state index < -0.39 is 23.8 Å². The molecule has 0 bridgehead atoms. The SMILES string of the molecule is C/C=C1/C(=O)c2ccc(Cl)cc2NC(=O)[C@@H]1C.C[C@H]1C(=O)Nc2cc(Cl)ccc2-c2nc(Nc3ccc(C(=O)O)cc3)ncc21.NC(N)=Nc1ccc(C(=O)O)cc1.[Ne].[Ne]. The number of carbonyl (C=O) groups is 5. The Morgan fingerprint density at radius 2 is 1.27 bits per heavy atom. The first-order valence-electron chi connectivity index (χ1n) is 17.4. The van der Waals surface area contributed by atoms with E-state index in [-0.39, 0.29) is 47.0 Å². The molecule has 1 aromatic heterocycles. The van der Waals surface area contributed by atoms with E-state index in [2.05, 4.69) is 30.9 Å². The van der Waals surface area contributed by atoms with Gasteiger partial charge in [-0.3, -0.25) is 14.4 Å². The van der Waals surface area contributed by atoms with Gasteiger partial charge in [0.15, 0.2) is 11.7 Å². The average Bonchev–Trinajstić information content (AvgIpc) is 3.34. The molecule has 3 heterocycles. The molecule has 0 saturated heterocycles. The Labute approximate surface area is 354 Å². The molecule has 2 aliphatic rings. The van der Waals surface area contributed by atoms with Crippen molar-refractivity contribution in [3.8, 4) is 11.3 Å². The Balaban J connectivity index is 0.000000258. The van der Waals surface area contributed by atoms with Crippen molar-refractivity contribution in [2.24, 2.45) is 22.4 Å². The molecule has 2 amide bonds. The largest absolute Gasteiger partial charge is 0.478 e. The summed E-state index contributed by atoms with van der Waals surface area (Å²) in [5.74, 6) is -3.02. The summed E-state index contributed by atoms with van der Waals surface area (Å²) >= 11 is 11.9. The molecule has 0 saturated carbocycles. The number of aromatic carboxylic acids is 2. The fourth-order valence-electron chi connectivity index (χ4n) is 5.78. The van der Waals surface area contributed by atoms with E-state index in [1.807, 2.05) is 6.07 Å². The first-order chi connectivity index (χ1) is 27.6. The van der Waals surface area contributed by atoms with E-state index in [1.165, 1.54) is 36.4 Å². The van der Waals surface area contributed by atoms with E-state index in [0.717, 1.165) is 5.56 Å². The Morgan fingerprint density at radius 1 is 0.767 bits per heavy atom. The van der Waals surface area contributed by atoms with Gasteiger partial charge in [0.25, 0.3) is 0 Å². The Hall–Kier alpha value is -7.28. The van der Waals surface area contributed by atoms with E-state index in [1.54, 1.807) is 75.5 Å². The number of nitrogens with zero attached hydrogens (tertiary/aromatic N) is 3. The van der Waals surface area contributed by atoms with Crippen LogP contribution in [0.4, 0.5) is 28.7 Å². The Morgan fingerprint density at radius 3 is 1.78 bits per heavy atom. The first kappa shape index (κ1) is 47.1. The maximum absolute atomic E-state index is 12.4. The van der Waals surface area contributed by atoms with Crippen LogP contribution in [0.3, 0.4) is 0 Å². The van der Waals surface area contributed by atoms with Crippen LogP contribution in [0.1, 0.15) is 63.3 Å². The third kappa shape index (κ3) is 11.2. The van der Waals surface area contributed by atoms with E-state index in [0.29, 0.717) is 61.1 Å². The molecule has 7 rings (SSSR count). The standard InChI is InChI=1S/C20H15ClN4O3.C13H12ClNO2.C8H9N3O2.2Ne/c1-10-15-9-22-20(23-13-5-2-11(3-6-13)19(27)28)25-17(15)14-7-4-12(21)8-16(14)24-18(10)26;1-3-9-7(2)13(17)15-11-6-8(14)4-5-10(11)12(9)16;9-8(10)11-6-3-1-5(2-4-6)7(12)13;;/h2-10H,1H3,(H,24,26)(H,27,28)(H,22,23,25);3-7H,1-2H3,(H,15,17);1-4H,(H,12,13)(H4,9,10,11);;/b;9-3+;;;/t10-;7-;;;/m11.../s1. The van der Waals surface area contributed by atoms with Crippen molar-refractivity contribution in [2.45, 2.75) is 26.7 Å². The van der Waals surface area contributed by atoms with Crippen LogP contribution in [0.15, 0.2) is 108 Å². The number of aromatic nitrogens is 2. The number of hydrogen-bond donors (Lipinski definition) is 7. The Kier molecular flexibility index (Phi) is 16.0. The molecular formula is C41H36Cl2N8Ne2O7. The van der Waals surface area contributed by atoms with Crippen molar-refractivity contribution in [3.05, 3.63) is 135 Å². The van der Waals surface area contributed by atoms with Crippen LogP contribution < -0.4 is 27.4 Å². The number of ketones is 1. The van der Waals surface area contributed by atoms with Gasteiger partial charge in [0.05, 0.1) is 45.7 Å². The molecule has 19 heteroatoms. The van der Waals surface area contributed by atoms with Crippen molar-refractivity contribution >= 4 is 87.4 Å². The molecule has 2 aliphatic heterocycles. The van der Waals surface area contributed by atoms with Crippen molar-refractivity contribution in [1.82, 2.24) is 9.97 Å². The number of carboxylic acids is 2. The van der Waals surface area contributed by atoms with Gasteiger partial charge < -0.3 is 37.6 Å². The van der Waals surface area contributed by atoms with E-state index in [4.69, 9.17) is 44.9 Å². The predicted octanol–water partition coefficient (Wildman–Crippen LogP) is 7.64. The number of fused-ring (bicyclic) bond motifs is 4. The van der Waals surface area contributed by atoms with Gasteiger partial charge in [-0.1, -0.05) is 29.3 Å². The summed E-state index contributed by atoms with van der Waals surface area (Å²) < 4.78 is 0. The summed E-state index contributed by atoms with van der Waals surface area (Å²) in [5, 5.41) is 27.2. The summed E-state index contributed by atoms with van der Waals surface area (Å²) in [7, 11) is 0. The minimum atomic E-state index is -0.991. The molecule has 0 spiro atoms. The summed E-state index contributed by atoms with van der Waals surface area (Å²) in [6.07, 6.45) is 3.32. The van der Waals surface area contributed by atoms with Crippen LogP contribution in [0.2, 0.25) is 10.0 Å². The number of allylic oxidation sites excluding steroid dienone is 1. The fourth-order valence-corrected chi connectivity index (χ4v) is 6.12. The minimum absolute atomic E-state index is 0. The molecule has 0 aliphatic carbocycles. The molecule has 0 radical (unpaired) electrons. The number of hydrogen-bond acceptors (Lipinski definition) is 9. The molecule has 312 valence electrons. The third-order valence-corrected chi connectivity index (χ3v) is 9.32. The summed E-state index contributed by atoms with van der Waals surface area (Å²) in [5.41, 5.74) is 16.0. The van der Waals surface area contributed by atoms with Gasteiger partial charge in [0, 0.05) is 56.5 Å². The van der Waals surface area contributed by atoms with Crippen molar-refractivity contribution in [1.29, 1.82) is 0 Å². The number of benzene rings is 4. The molecule has 5 aromatic rings. The second-order valence-electron chi connectivity index (χ2n) is 12.8. The number of nitrogens with two attached hydrogens (primary N) is 2. The molecule has 0 unspecified atom stereocenters. The molecular weight excluding hydrogens is 828 g/mol. The van der Waals surface area contributed by atoms with Crippen LogP contribution >= 0.6 is 23.2 Å². The quantitative estimate of drug-likeness (QED) is 0.0511. The summed E-state index contributed by atoms with van der Waals surface area (Å²) in [6, 6.07) is 22.3. The molecule has 2 atom stereocenters. The zero-order valence-electron chi connectivity index (χ0n) is 31.8. The topological polar surface area (TPSA) is 252 Å². The zero-order chi connectivity index (χ0) is 42.3. The van der Waals surface area contributed by atoms with E-state index >= 15 is 0 Å². The van der Waals surface area contributed by atoms with Crippen LogP contribution in [0, 0.1) is 18.2 Å². The molecule has 4 aromatic carbocycles.